The number of rotatable bonds is 4. The molecule has 0 aromatic heterocycles. The Morgan fingerprint density at radius 1 is 0.541 bits per heavy atom. The van der Waals surface area contributed by atoms with Crippen molar-refractivity contribution in [1.29, 1.82) is 0 Å². The maximum Gasteiger partial charge on any atom is 0.0989 e. The van der Waals surface area contributed by atoms with Gasteiger partial charge in [0.15, 0.2) is 0 Å². The Morgan fingerprint density at radius 3 is 1.49 bits per heavy atom. The molecule has 1 radical (unpaired) electrons. The molecule has 2 aliphatic heterocycles. The summed E-state index contributed by atoms with van der Waals surface area (Å²) in [7, 11) is 0. The fraction of sp³-hybridized carbons (Fsp3) is 0.0625. The van der Waals surface area contributed by atoms with Crippen molar-refractivity contribution in [3.05, 3.63) is 160 Å². The Morgan fingerprint density at radius 2 is 1.00 bits per heavy atom. The quantitative estimate of drug-likeness (QED) is 0.205. The second-order valence-corrected chi connectivity index (χ2v) is 7.86. The molecule has 0 saturated carbocycles. The molecule has 0 aliphatic carbocycles. The maximum atomic E-state index is 3.20. The molecule has 4 aromatic carbocycles. The van der Waals surface area contributed by atoms with Gasteiger partial charge in [0.25, 0.3) is 0 Å². The summed E-state index contributed by atoms with van der Waals surface area (Å²) in [5.74, 6) is 0. The monoisotopic (exact) mass is 666 g/mol. The molecule has 193 valence electrons. The van der Waals surface area contributed by atoms with E-state index in [1.807, 2.05) is 78.6 Å². The van der Waals surface area contributed by atoms with Crippen molar-refractivity contribution in [2.45, 2.75) is 7.43 Å². The fourth-order valence-electron chi connectivity index (χ4n) is 3.79. The summed E-state index contributed by atoms with van der Waals surface area (Å²) in [4.78, 5) is 8.59. The van der Waals surface area contributed by atoms with Gasteiger partial charge in [0.2, 0.25) is 0 Å². The molecule has 2 aliphatic rings. The van der Waals surface area contributed by atoms with Crippen LogP contribution in [-0.4, -0.2) is 6.67 Å². The number of para-hydroxylation sites is 4. The summed E-state index contributed by atoms with van der Waals surface area (Å²) in [6.45, 7) is 2.91. The molecule has 5 heteroatoms. The van der Waals surface area contributed by atoms with Crippen molar-refractivity contribution >= 4 is 22.7 Å². The van der Waals surface area contributed by atoms with Crippen molar-refractivity contribution in [1.82, 2.24) is 0 Å². The Balaban J connectivity index is 0.000000241. The second kappa shape index (κ2) is 14.7. The molecular formula is C32H33IrN4-3. The SMILES string of the molecule is C.C1=CN(c2ccccc2)CN1c1ccccc1.[CH3-].[Ir].[c-]1ccccc1N1C=CN(c2ccccc2)[CH-]1. The van der Waals surface area contributed by atoms with E-state index < -0.39 is 0 Å². The van der Waals surface area contributed by atoms with Crippen LogP contribution in [0, 0.1) is 20.2 Å². The van der Waals surface area contributed by atoms with E-state index in [9.17, 15) is 0 Å². The van der Waals surface area contributed by atoms with Crippen molar-refractivity contribution < 1.29 is 20.1 Å². The molecule has 0 saturated heterocycles. The number of nitrogens with zero attached hydrogens (tertiary/aromatic N) is 4. The Bertz CT molecular complexity index is 1020. The van der Waals surface area contributed by atoms with Crippen LogP contribution in [0.1, 0.15) is 7.43 Å². The third-order valence-corrected chi connectivity index (χ3v) is 5.57. The fourth-order valence-corrected chi connectivity index (χ4v) is 3.79. The van der Waals surface area contributed by atoms with Gasteiger partial charge in [0.05, 0.1) is 6.67 Å². The van der Waals surface area contributed by atoms with E-state index in [0.717, 1.165) is 18.0 Å². The van der Waals surface area contributed by atoms with Gasteiger partial charge in [-0.3, -0.25) is 0 Å². The summed E-state index contributed by atoms with van der Waals surface area (Å²) in [6, 6.07) is 42.2. The molecule has 2 heterocycles. The molecule has 0 N–H and O–H groups in total. The first-order valence-electron chi connectivity index (χ1n) is 11.3. The van der Waals surface area contributed by atoms with Crippen LogP contribution >= 0.6 is 0 Å². The van der Waals surface area contributed by atoms with Crippen LogP contribution in [0.25, 0.3) is 0 Å². The number of anilines is 4. The predicted molar refractivity (Wildman–Crippen MR) is 155 cm³/mol. The van der Waals surface area contributed by atoms with E-state index in [1.165, 1.54) is 11.4 Å². The average Bonchev–Trinajstić information content (AvgIpc) is 3.62. The number of hydrogen-bond donors (Lipinski definition) is 0. The van der Waals surface area contributed by atoms with Crippen LogP contribution in [-0.2, 0) is 20.1 Å². The van der Waals surface area contributed by atoms with Crippen LogP contribution < -0.4 is 19.6 Å². The topological polar surface area (TPSA) is 13.0 Å². The van der Waals surface area contributed by atoms with E-state index in [1.54, 1.807) is 0 Å². The Labute approximate surface area is 236 Å². The Kier molecular flexibility index (Phi) is 11.7. The minimum absolute atomic E-state index is 0. The van der Waals surface area contributed by atoms with Gasteiger partial charge in [-0.05, 0) is 48.8 Å². The van der Waals surface area contributed by atoms with Gasteiger partial charge in [-0.15, -0.1) is 12.4 Å². The van der Waals surface area contributed by atoms with Gasteiger partial charge in [-0.2, -0.15) is 30.3 Å². The van der Waals surface area contributed by atoms with Crippen molar-refractivity contribution in [3.63, 3.8) is 0 Å². The first kappa shape index (κ1) is 29.4. The first-order chi connectivity index (χ1) is 16.9. The third-order valence-electron chi connectivity index (χ3n) is 5.57. The molecule has 0 amide bonds. The van der Waals surface area contributed by atoms with E-state index in [0.29, 0.717) is 0 Å². The van der Waals surface area contributed by atoms with Crippen LogP contribution in [0.15, 0.2) is 140 Å². The summed E-state index contributed by atoms with van der Waals surface area (Å²) in [5, 5.41) is 0. The predicted octanol–water partition coefficient (Wildman–Crippen LogP) is 7.93. The molecule has 4 aromatic rings. The van der Waals surface area contributed by atoms with Gasteiger partial charge < -0.3 is 27.0 Å². The average molecular weight is 666 g/mol. The normalized spacial score (nSPS) is 13.2. The summed E-state index contributed by atoms with van der Waals surface area (Å²) < 4.78 is 0. The van der Waals surface area contributed by atoms with Gasteiger partial charge in [0.1, 0.15) is 0 Å². The smallest absolute Gasteiger partial charge is 0.0989 e. The van der Waals surface area contributed by atoms with Crippen LogP contribution in [0.2, 0.25) is 0 Å². The molecule has 0 fully saturated rings. The van der Waals surface area contributed by atoms with Crippen LogP contribution in [0.5, 0.6) is 0 Å². The zero-order chi connectivity index (χ0) is 23.0. The zero-order valence-electron chi connectivity index (χ0n) is 20.2. The summed E-state index contributed by atoms with van der Waals surface area (Å²) >= 11 is 0. The van der Waals surface area contributed by atoms with Gasteiger partial charge in [-0.25, -0.2) is 0 Å². The van der Waals surface area contributed by atoms with E-state index in [-0.39, 0.29) is 35.0 Å². The Hall–Kier alpha value is -3.79. The minimum Gasteiger partial charge on any atom is -0.500 e. The molecule has 0 spiro atoms. The van der Waals surface area contributed by atoms with Crippen LogP contribution in [0.3, 0.4) is 0 Å². The van der Waals surface area contributed by atoms with Crippen molar-refractivity contribution in [2.75, 3.05) is 26.3 Å². The molecule has 0 unspecified atom stereocenters. The molecule has 4 nitrogen and oxygen atoms in total. The van der Waals surface area contributed by atoms with E-state index >= 15 is 0 Å². The minimum atomic E-state index is 0. The largest absolute Gasteiger partial charge is 0.500 e. The zero-order valence-corrected chi connectivity index (χ0v) is 22.6. The van der Waals surface area contributed by atoms with Gasteiger partial charge in [0, 0.05) is 49.6 Å². The summed E-state index contributed by atoms with van der Waals surface area (Å²) in [5.41, 5.74) is 4.65. The van der Waals surface area contributed by atoms with E-state index in [4.69, 9.17) is 0 Å². The second-order valence-electron chi connectivity index (χ2n) is 7.86. The molecule has 37 heavy (non-hydrogen) atoms. The molecule has 0 atom stereocenters. The maximum absolute atomic E-state index is 3.20. The molecular weight excluding hydrogens is 633 g/mol. The van der Waals surface area contributed by atoms with Gasteiger partial charge in [-0.1, -0.05) is 62.0 Å². The molecule has 0 bridgehead atoms. The number of hydrogen-bond acceptors (Lipinski definition) is 4. The third kappa shape index (κ3) is 7.60. The van der Waals surface area contributed by atoms with Crippen LogP contribution in [0.4, 0.5) is 22.7 Å². The number of benzene rings is 4. The summed E-state index contributed by atoms with van der Waals surface area (Å²) in [6.07, 6.45) is 8.29. The van der Waals surface area contributed by atoms with Gasteiger partial charge >= 0.3 is 0 Å². The molecule has 6 rings (SSSR count). The first-order valence-corrected chi connectivity index (χ1v) is 11.3. The standard InChI is InChI=1S/C15H14N2.C15H12N2.CH4.CH3.Ir/c2*1-3-7-14(8-4-1)16-11-12-17(13-16)15-9-5-2-6-10-15;;;/h1-12H,13H2;1-9,11-13H;1H4;1H3;/q;-2;;-1;. The van der Waals surface area contributed by atoms with Crippen molar-refractivity contribution in [3.8, 4) is 0 Å². The van der Waals surface area contributed by atoms with E-state index in [2.05, 4.69) is 93.8 Å². The van der Waals surface area contributed by atoms with Crippen molar-refractivity contribution in [2.24, 2.45) is 0 Å².